The molecule has 0 bridgehead atoms. The zero-order valence-electron chi connectivity index (χ0n) is 14.0. The van der Waals surface area contributed by atoms with Crippen LogP contribution in [0.25, 0.3) is 0 Å². The molecule has 0 atom stereocenters. The van der Waals surface area contributed by atoms with Gasteiger partial charge in [0.25, 0.3) is 5.91 Å². The van der Waals surface area contributed by atoms with Crippen LogP contribution in [-0.2, 0) is 9.59 Å². The first-order chi connectivity index (χ1) is 12.0. The van der Waals surface area contributed by atoms with E-state index in [0.717, 1.165) is 0 Å². The molecular formula is C17H20FN3O3S. The number of amides is 3. The predicted molar refractivity (Wildman–Crippen MR) is 92.7 cm³/mol. The van der Waals surface area contributed by atoms with Crippen LogP contribution in [0.1, 0.15) is 15.9 Å². The van der Waals surface area contributed by atoms with Gasteiger partial charge in [0.1, 0.15) is 12.4 Å². The van der Waals surface area contributed by atoms with Crippen molar-refractivity contribution in [3.63, 3.8) is 0 Å². The summed E-state index contributed by atoms with van der Waals surface area (Å²) in [5, 5.41) is 0. The normalized spacial score (nSPS) is 18.0. The smallest absolute Gasteiger partial charge is 0.254 e. The number of carbonyl (C=O) groups excluding carboxylic acids is 3. The third kappa shape index (κ3) is 3.95. The Bertz CT molecular complexity index is 704. The van der Waals surface area contributed by atoms with E-state index >= 15 is 0 Å². The summed E-state index contributed by atoms with van der Waals surface area (Å²) >= 11 is 1.51. The summed E-state index contributed by atoms with van der Waals surface area (Å²) in [6.45, 7) is 3.41. The van der Waals surface area contributed by atoms with Crippen molar-refractivity contribution >= 4 is 29.5 Å². The molecule has 2 aliphatic rings. The molecule has 1 aromatic carbocycles. The second kappa shape index (κ2) is 7.43. The van der Waals surface area contributed by atoms with Crippen LogP contribution >= 0.6 is 11.8 Å². The van der Waals surface area contributed by atoms with E-state index in [-0.39, 0.29) is 24.3 Å². The maximum absolute atomic E-state index is 13.6. The van der Waals surface area contributed by atoms with Crippen LogP contribution in [0.4, 0.5) is 4.39 Å². The lowest BCUT2D eigenvalue weighted by atomic mass is 10.1. The van der Waals surface area contributed by atoms with Crippen molar-refractivity contribution in [2.24, 2.45) is 0 Å². The summed E-state index contributed by atoms with van der Waals surface area (Å²) in [4.78, 5) is 41.2. The fourth-order valence-corrected chi connectivity index (χ4v) is 3.78. The number of thioether (sulfide) groups is 1. The molecule has 6 nitrogen and oxygen atoms in total. The number of carbonyl (C=O) groups is 3. The van der Waals surface area contributed by atoms with Crippen LogP contribution in [0, 0.1) is 12.7 Å². The summed E-state index contributed by atoms with van der Waals surface area (Å²) in [7, 11) is 0. The van der Waals surface area contributed by atoms with Crippen LogP contribution in [0.3, 0.4) is 0 Å². The summed E-state index contributed by atoms with van der Waals surface area (Å²) < 4.78 is 13.6. The van der Waals surface area contributed by atoms with Gasteiger partial charge in [-0.25, -0.2) is 4.39 Å². The molecule has 1 aromatic rings. The molecule has 0 radical (unpaired) electrons. The van der Waals surface area contributed by atoms with E-state index < -0.39 is 5.82 Å². The van der Waals surface area contributed by atoms with E-state index in [9.17, 15) is 18.8 Å². The van der Waals surface area contributed by atoms with Crippen LogP contribution in [-0.4, -0.2) is 76.8 Å². The first-order valence-corrected chi connectivity index (χ1v) is 9.30. The molecule has 3 rings (SSSR count). The molecule has 2 aliphatic heterocycles. The molecule has 0 N–H and O–H groups in total. The molecule has 134 valence electrons. The van der Waals surface area contributed by atoms with Crippen LogP contribution < -0.4 is 0 Å². The van der Waals surface area contributed by atoms with Crippen molar-refractivity contribution in [1.82, 2.24) is 14.7 Å². The minimum absolute atomic E-state index is 0.00596. The van der Waals surface area contributed by atoms with Gasteiger partial charge in [0.05, 0.1) is 11.6 Å². The highest BCUT2D eigenvalue weighted by Gasteiger charge is 2.28. The number of hydrogen-bond donors (Lipinski definition) is 0. The minimum Gasteiger partial charge on any atom is -0.338 e. The lowest BCUT2D eigenvalue weighted by Crippen LogP contribution is -2.52. The van der Waals surface area contributed by atoms with Gasteiger partial charge < -0.3 is 14.7 Å². The zero-order valence-corrected chi connectivity index (χ0v) is 14.9. The van der Waals surface area contributed by atoms with Gasteiger partial charge in [0, 0.05) is 31.7 Å². The maximum atomic E-state index is 13.6. The monoisotopic (exact) mass is 365 g/mol. The summed E-state index contributed by atoms with van der Waals surface area (Å²) in [5.41, 5.74) is 0.823. The molecule has 0 spiro atoms. The number of aryl methyl sites for hydroxylation is 1. The Morgan fingerprint density at radius 3 is 2.44 bits per heavy atom. The lowest BCUT2D eigenvalue weighted by molar-refractivity contribution is -0.138. The highest BCUT2D eigenvalue weighted by molar-refractivity contribution is 8.00. The Hall–Kier alpha value is -2.09. The van der Waals surface area contributed by atoms with Crippen LogP contribution in [0.5, 0.6) is 0 Å². The number of rotatable bonds is 3. The quantitative estimate of drug-likeness (QED) is 0.800. The van der Waals surface area contributed by atoms with Crippen molar-refractivity contribution in [3.8, 4) is 0 Å². The van der Waals surface area contributed by atoms with Gasteiger partial charge in [-0.2, -0.15) is 0 Å². The number of hydrogen-bond acceptors (Lipinski definition) is 4. The van der Waals surface area contributed by atoms with Crippen molar-refractivity contribution < 1.29 is 18.8 Å². The van der Waals surface area contributed by atoms with Crippen molar-refractivity contribution in [2.75, 3.05) is 44.4 Å². The molecule has 3 amide bonds. The first-order valence-electron chi connectivity index (χ1n) is 8.14. The summed E-state index contributed by atoms with van der Waals surface area (Å²) in [6.07, 6.45) is 0. The molecule has 2 fully saturated rings. The lowest BCUT2D eigenvalue weighted by Gasteiger charge is -2.35. The van der Waals surface area contributed by atoms with Crippen molar-refractivity contribution in [1.29, 1.82) is 0 Å². The van der Waals surface area contributed by atoms with E-state index in [1.165, 1.54) is 17.8 Å². The Balaban J connectivity index is 1.54. The fraction of sp³-hybridized carbons (Fsp3) is 0.471. The zero-order chi connectivity index (χ0) is 18.0. The molecule has 0 aliphatic carbocycles. The molecule has 0 unspecified atom stereocenters. The van der Waals surface area contributed by atoms with Crippen LogP contribution in [0.15, 0.2) is 18.2 Å². The van der Waals surface area contributed by atoms with E-state index in [2.05, 4.69) is 0 Å². The minimum atomic E-state index is -0.396. The maximum Gasteiger partial charge on any atom is 0.254 e. The van der Waals surface area contributed by atoms with Gasteiger partial charge >= 0.3 is 0 Å². The Morgan fingerprint density at radius 1 is 1.16 bits per heavy atom. The van der Waals surface area contributed by atoms with E-state index in [0.29, 0.717) is 48.9 Å². The predicted octanol–water partition coefficient (Wildman–Crippen LogP) is 0.951. The molecule has 0 aromatic heterocycles. The molecule has 2 heterocycles. The SMILES string of the molecule is Cc1ccc(C(=O)N2CCN(C(=O)CN3CSCC3=O)CC2)cc1F. The average molecular weight is 365 g/mol. The van der Waals surface area contributed by atoms with Gasteiger partial charge in [-0.15, -0.1) is 11.8 Å². The Kier molecular flexibility index (Phi) is 5.27. The Morgan fingerprint density at radius 2 is 1.84 bits per heavy atom. The second-order valence-corrected chi connectivity index (χ2v) is 7.16. The largest absolute Gasteiger partial charge is 0.338 e. The topological polar surface area (TPSA) is 60.9 Å². The van der Waals surface area contributed by atoms with E-state index in [1.54, 1.807) is 33.8 Å². The molecular weight excluding hydrogens is 345 g/mol. The first kappa shape index (κ1) is 17.7. The third-order valence-electron chi connectivity index (χ3n) is 4.49. The van der Waals surface area contributed by atoms with E-state index in [1.807, 2.05) is 0 Å². The van der Waals surface area contributed by atoms with Crippen molar-refractivity contribution in [2.45, 2.75) is 6.92 Å². The van der Waals surface area contributed by atoms with Crippen molar-refractivity contribution in [3.05, 3.63) is 35.1 Å². The molecule has 25 heavy (non-hydrogen) atoms. The fourth-order valence-electron chi connectivity index (χ4n) is 2.87. The number of nitrogens with zero attached hydrogens (tertiary/aromatic N) is 3. The standard InChI is InChI=1S/C17H20FN3O3S/c1-12-2-3-13(8-14(12)18)17(24)20-6-4-19(5-7-20)15(22)9-21-11-25-10-16(21)23/h2-3,8H,4-7,9-11H2,1H3. The highest BCUT2D eigenvalue weighted by atomic mass is 32.2. The van der Waals surface area contributed by atoms with Gasteiger partial charge in [-0.3, -0.25) is 14.4 Å². The number of benzene rings is 1. The van der Waals surface area contributed by atoms with Crippen LogP contribution in [0.2, 0.25) is 0 Å². The van der Waals surface area contributed by atoms with E-state index in [4.69, 9.17) is 0 Å². The highest BCUT2D eigenvalue weighted by Crippen LogP contribution is 2.16. The second-order valence-electron chi connectivity index (χ2n) is 6.21. The Labute approximate surface area is 149 Å². The van der Waals surface area contributed by atoms with Gasteiger partial charge in [-0.05, 0) is 24.6 Å². The molecule has 2 saturated heterocycles. The van der Waals surface area contributed by atoms with Gasteiger partial charge in [-0.1, -0.05) is 6.07 Å². The van der Waals surface area contributed by atoms with Gasteiger partial charge in [0.15, 0.2) is 0 Å². The summed E-state index contributed by atoms with van der Waals surface area (Å²) in [6, 6.07) is 4.47. The molecule has 8 heteroatoms. The summed E-state index contributed by atoms with van der Waals surface area (Å²) in [5.74, 6) is 0.271. The average Bonchev–Trinajstić information content (AvgIpc) is 3.01. The van der Waals surface area contributed by atoms with Gasteiger partial charge in [0.2, 0.25) is 11.8 Å². The number of halogens is 1. The number of piperazine rings is 1. The third-order valence-corrected chi connectivity index (χ3v) is 5.44. The molecule has 0 saturated carbocycles.